The van der Waals surface area contributed by atoms with Gasteiger partial charge in [0, 0.05) is 34.5 Å². The Hall–Kier alpha value is -2.59. The molecule has 0 radical (unpaired) electrons. The first-order chi connectivity index (χ1) is 17.5. The van der Waals surface area contributed by atoms with Gasteiger partial charge in [-0.3, -0.25) is 13.9 Å². The lowest BCUT2D eigenvalue weighted by Gasteiger charge is -2.33. The summed E-state index contributed by atoms with van der Waals surface area (Å²) in [4.78, 5) is 28.3. The predicted octanol–water partition coefficient (Wildman–Crippen LogP) is 4.91. The van der Waals surface area contributed by atoms with Crippen molar-refractivity contribution in [3.63, 3.8) is 0 Å². The van der Waals surface area contributed by atoms with E-state index in [-0.39, 0.29) is 34.6 Å². The van der Waals surface area contributed by atoms with Crippen LogP contribution in [-0.2, 0) is 32.6 Å². The molecule has 1 N–H and O–H groups in total. The summed E-state index contributed by atoms with van der Waals surface area (Å²) in [6, 6.07) is 20.1. The summed E-state index contributed by atoms with van der Waals surface area (Å²) < 4.78 is 27.2. The Morgan fingerprint density at radius 3 is 2.14 bits per heavy atom. The van der Waals surface area contributed by atoms with Gasteiger partial charge in [0.2, 0.25) is 21.8 Å². The van der Waals surface area contributed by atoms with Gasteiger partial charge in [-0.05, 0) is 41.5 Å². The zero-order valence-electron chi connectivity index (χ0n) is 20.2. The fourth-order valence-corrected chi connectivity index (χ4v) is 5.64. The first-order valence-corrected chi connectivity index (χ1v) is 14.6. The third-order valence-electron chi connectivity index (χ3n) is 5.57. The maximum absolute atomic E-state index is 13.8. The van der Waals surface area contributed by atoms with Crippen molar-refractivity contribution >= 4 is 66.7 Å². The SMILES string of the molecule is CNC(=O)[C@H](Cc1ccccc1)N(Cc1cccc(Br)c1)C(=O)CN(c1cc(Cl)cc(Cl)c1)S(C)(=O)=O. The predicted molar refractivity (Wildman–Crippen MR) is 151 cm³/mol. The number of nitrogens with zero attached hydrogens (tertiary/aromatic N) is 2. The molecular weight excluding hydrogens is 601 g/mol. The number of hydrogen-bond acceptors (Lipinski definition) is 4. The number of amides is 2. The normalized spacial score (nSPS) is 12.0. The molecule has 7 nitrogen and oxygen atoms in total. The smallest absolute Gasteiger partial charge is 0.244 e. The number of halogens is 3. The average molecular weight is 627 g/mol. The lowest BCUT2D eigenvalue weighted by atomic mass is 10.0. The Kier molecular flexibility index (Phi) is 10.0. The summed E-state index contributed by atoms with van der Waals surface area (Å²) in [7, 11) is -2.41. The van der Waals surface area contributed by atoms with Crippen molar-refractivity contribution in [2.24, 2.45) is 0 Å². The van der Waals surface area contributed by atoms with Crippen LogP contribution in [-0.4, -0.2) is 51.0 Å². The molecule has 0 aromatic heterocycles. The van der Waals surface area contributed by atoms with Crippen molar-refractivity contribution < 1.29 is 18.0 Å². The molecule has 0 spiro atoms. The molecule has 0 bridgehead atoms. The van der Waals surface area contributed by atoms with E-state index >= 15 is 0 Å². The van der Waals surface area contributed by atoms with E-state index in [2.05, 4.69) is 21.2 Å². The van der Waals surface area contributed by atoms with Crippen LogP contribution in [0.4, 0.5) is 5.69 Å². The van der Waals surface area contributed by atoms with E-state index < -0.39 is 28.5 Å². The number of anilines is 1. The molecular formula is C26H26BrCl2N3O4S. The highest BCUT2D eigenvalue weighted by Crippen LogP contribution is 2.27. The van der Waals surface area contributed by atoms with Gasteiger partial charge in [0.1, 0.15) is 12.6 Å². The summed E-state index contributed by atoms with van der Waals surface area (Å²) in [5, 5.41) is 3.09. The molecule has 0 heterocycles. The van der Waals surface area contributed by atoms with Gasteiger partial charge in [-0.15, -0.1) is 0 Å². The van der Waals surface area contributed by atoms with Crippen LogP contribution in [0.3, 0.4) is 0 Å². The summed E-state index contributed by atoms with van der Waals surface area (Å²) in [6.07, 6.45) is 1.23. The summed E-state index contributed by atoms with van der Waals surface area (Å²) in [6.45, 7) is -0.469. The fourth-order valence-electron chi connectivity index (χ4n) is 3.85. The van der Waals surface area contributed by atoms with Crippen LogP contribution in [0, 0.1) is 0 Å². The van der Waals surface area contributed by atoms with Crippen molar-refractivity contribution in [2.45, 2.75) is 19.0 Å². The van der Waals surface area contributed by atoms with E-state index in [4.69, 9.17) is 23.2 Å². The minimum absolute atomic E-state index is 0.0805. The number of nitrogens with one attached hydrogen (secondary N) is 1. The highest BCUT2D eigenvalue weighted by atomic mass is 79.9. The highest BCUT2D eigenvalue weighted by Gasteiger charge is 2.32. The lowest BCUT2D eigenvalue weighted by molar-refractivity contribution is -0.139. The Labute approximate surface area is 235 Å². The molecule has 0 aliphatic carbocycles. The molecule has 0 aliphatic heterocycles. The molecule has 0 saturated carbocycles. The van der Waals surface area contributed by atoms with Crippen molar-refractivity contribution in [1.82, 2.24) is 10.2 Å². The summed E-state index contributed by atoms with van der Waals surface area (Å²) in [5.74, 6) is -0.935. The number of rotatable bonds is 10. The van der Waals surface area contributed by atoms with Gasteiger partial charge in [0.25, 0.3) is 0 Å². The zero-order chi connectivity index (χ0) is 27.2. The topological polar surface area (TPSA) is 86.8 Å². The molecule has 3 rings (SSSR count). The Morgan fingerprint density at radius 1 is 0.946 bits per heavy atom. The second kappa shape index (κ2) is 12.8. The third-order valence-corrected chi connectivity index (χ3v) is 7.64. The van der Waals surface area contributed by atoms with Gasteiger partial charge in [-0.2, -0.15) is 0 Å². The summed E-state index contributed by atoms with van der Waals surface area (Å²) in [5.41, 5.74) is 1.77. The van der Waals surface area contributed by atoms with Crippen LogP contribution in [0.5, 0.6) is 0 Å². The average Bonchev–Trinajstić information content (AvgIpc) is 2.83. The van der Waals surface area contributed by atoms with Crippen LogP contribution >= 0.6 is 39.1 Å². The number of likely N-dealkylation sites (N-methyl/N-ethyl adjacent to an activating group) is 1. The second-order valence-corrected chi connectivity index (χ2v) is 12.1. The number of benzene rings is 3. The molecule has 2 amide bonds. The molecule has 0 unspecified atom stereocenters. The third kappa shape index (κ3) is 8.20. The molecule has 0 saturated heterocycles. The van der Waals surface area contributed by atoms with Crippen LogP contribution in [0.25, 0.3) is 0 Å². The van der Waals surface area contributed by atoms with Crippen LogP contribution < -0.4 is 9.62 Å². The quantitative estimate of drug-likeness (QED) is 0.347. The number of hydrogen-bond donors (Lipinski definition) is 1. The van der Waals surface area contributed by atoms with E-state index in [0.717, 1.165) is 26.2 Å². The molecule has 196 valence electrons. The molecule has 0 fully saturated rings. The van der Waals surface area contributed by atoms with Crippen molar-refractivity contribution in [1.29, 1.82) is 0 Å². The minimum Gasteiger partial charge on any atom is -0.357 e. The molecule has 0 aliphatic rings. The van der Waals surface area contributed by atoms with Gasteiger partial charge in [-0.1, -0.05) is 81.6 Å². The summed E-state index contributed by atoms with van der Waals surface area (Å²) >= 11 is 15.7. The number of carbonyl (C=O) groups is 2. The van der Waals surface area contributed by atoms with Crippen LogP contribution in [0.1, 0.15) is 11.1 Å². The van der Waals surface area contributed by atoms with Gasteiger partial charge in [0.05, 0.1) is 11.9 Å². The van der Waals surface area contributed by atoms with Crippen molar-refractivity contribution in [3.05, 3.63) is 98.4 Å². The minimum atomic E-state index is -3.91. The lowest BCUT2D eigenvalue weighted by Crippen LogP contribution is -2.52. The van der Waals surface area contributed by atoms with Crippen LogP contribution in [0.2, 0.25) is 10.0 Å². The van der Waals surface area contributed by atoms with Crippen LogP contribution in [0.15, 0.2) is 77.3 Å². The zero-order valence-corrected chi connectivity index (χ0v) is 24.1. The van der Waals surface area contributed by atoms with E-state index in [0.29, 0.717) is 0 Å². The number of carbonyl (C=O) groups excluding carboxylic acids is 2. The molecule has 1 atom stereocenters. The second-order valence-electron chi connectivity index (χ2n) is 8.37. The van der Waals surface area contributed by atoms with E-state index in [1.165, 1.54) is 30.1 Å². The molecule has 37 heavy (non-hydrogen) atoms. The van der Waals surface area contributed by atoms with E-state index in [9.17, 15) is 18.0 Å². The number of sulfonamides is 1. The first kappa shape index (κ1) is 29.0. The highest BCUT2D eigenvalue weighted by molar-refractivity contribution is 9.10. The Balaban J connectivity index is 2.04. The molecule has 3 aromatic rings. The van der Waals surface area contributed by atoms with Gasteiger partial charge >= 0.3 is 0 Å². The van der Waals surface area contributed by atoms with Crippen molar-refractivity contribution in [3.8, 4) is 0 Å². The fraction of sp³-hybridized carbons (Fsp3) is 0.231. The molecule has 11 heteroatoms. The van der Waals surface area contributed by atoms with E-state index in [1.807, 2.05) is 54.6 Å². The Morgan fingerprint density at radius 2 is 1.57 bits per heavy atom. The first-order valence-electron chi connectivity index (χ1n) is 11.2. The molecule has 3 aromatic carbocycles. The standard InChI is InChI=1S/C26H26BrCl2N3O4S/c1-30-26(34)24(12-18-7-4-3-5-8-18)31(16-19-9-6-10-20(27)11-19)25(33)17-32(37(2,35)36)23-14-21(28)13-22(29)15-23/h3-11,13-15,24H,12,16-17H2,1-2H3,(H,30,34)/t24-/m0/s1. The Bertz CT molecular complexity index is 1350. The largest absolute Gasteiger partial charge is 0.357 e. The van der Waals surface area contributed by atoms with Gasteiger partial charge in [-0.25, -0.2) is 8.42 Å². The maximum atomic E-state index is 13.8. The van der Waals surface area contributed by atoms with E-state index in [1.54, 1.807) is 0 Å². The van der Waals surface area contributed by atoms with Gasteiger partial charge in [0.15, 0.2) is 0 Å². The van der Waals surface area contributed by atoms with Gasteiger partial charge < -0.3 is 10.2 Å². The monoisotopic (exact) mass is 625 g/mol. The van der Waals surface area contributed by atoms with Crippen molar-refractivity contribution in [2.75, 3.05) is 24.2 Å². The maximum Gasteiger partial charge on any atom is 0.244 e.